The molecule has 0 saturated heterocycles. The molecule has 1 rings (SSSR count). The fraction of sp³-hybridized carbons (Fsp3) is 0.429. The Morgan fingerprint density at radius 3 is 2.67 bits per heavy atom. The third-order valence-corrected chi connectivity index (χ3v) is 3.24. The number of amides is 2. The van der Waals surface area contributed by atoms with E-state index >= 15 is 0 Å². The average molecular weight is 315 g/mol. The first-order valence-corrected chi connectivity index (χ1v) is 6.89. The van der Waals surface area contributed by atoms with Crippen LogP contribution in [0.1, 0.15) is 20.3 Å². The highest BCUT2D eigenvalue weighted by atomic mass is 35.5. The van der Waals surface area contributed by atoms with Gasteiger partial charge in [0.15, 0.2) is 0 Å². The van der Waals surface area contributed by atoms with Crippen LogP contribution < -0.4 is 10.1 Å². The molecule has 1 unspecified atom stereocenters. The van der Waals surface area contributed by atoms with Crippen LogP contribution in [0.5, 0.6) is 5.75 Å². The van der Waals surface area contributed by atoms with Gasteiger partial charge in [0.2, 0.25) is 0 Å². The SMILES string of the molecule is CCN(C(=O)Nc1cc(Cl)ccc1OC)C(C)CC(=O)O. The quantitative estimate of drug-likeness (QED) is 0.845. The average Bonchev–Trinajstić information content (AvgIpc) is 2.38. The summed E-state index contributed by atoms with van der Waals surface area (Å²) in [6.07, 6.45) is -0.117. The zero-order valence-corrected chi connectivity index (χ0v) is 13.0. The molecule has 0 fully saturated rings. The van der Waals surface area contributed by atoms with E-state index in [9.17, 15) is 9.59 Å². The number of nitrogens with one attached hydrogen (secondary N) is 1. The Kier molecular flexibility index (Phi) is 6.30. The summed E-state index contributed by atoms with van der Waals surface area (Å²) in [7, 11) is 1.49. The van der Waals surface area contributed by atoms with Gasteiger partial charge in [0, 0.05) is 17.6 Å². The minimum absolute atomic E-state index is 0.117. The van der Waals surface area contributed by atoms with Gasteiger partial charge in [0.25, 0.3) is 0 Å². The standard InChI is InChI=1S/C14H19ClN2O4/c1-4-17(9(2)7-13(18)19)14(20)16-11-8-10(15)5-6-12(11)21-3/h5-6,8-9H,4,7H2,1-3H3,(H,16,20)(H,18,19). The van der Waals surface area contributed by atoms with E-state index in [0.29, 0.717) is 23.0 Å². The normalized spacial score (nSPS) is 11.6. The highest BCUT2D eigenvalue weighted by Crippen LogP contribution is 2.28. The fourth-order valence-corrected chi connectivity index (χ4v) is 2.16. The summed E-state index contributed by atoms with van der Waals surface area (Å²) in [6, 6.07) is 4.06. The predicted octanol–water partition coefficient (Wildman–Crippen LogP) is 3.07. The smallest absolute Gasteiger partial charge is 0.322 e. The lowest BCUT2D eigenvalue weighted by Crippen LogP contribution is -2.42. The Hall–Kier alpha value is -1.95. The molecule has 0 aromatic heterocycles. The second kappa shape index (κ2) is 7.73. The van der Waals surface area contributed by atoms with Gasteiger partial charge in [-0.25, -0.2) is 4.79 Å². The van der Waals surface area contributed by atoms with E-state index in [1.807, 2.05) is 0 Å². The Bertz CT molecular complexity index is 522. The molecule has 0 radical (unpaired) electrons. The summed E-state index contributed by atoms with van der Waals surface area (Å²) >= 11 is 5.90. The van der Waals surface area contributed by atoms with E-state index in [1.165, 1.54) is 12.0 Å². The fourth-order valence-electron chi connectivity index (χ4n) is 1.98. The molecule has 1 atom stereocenters. The molecule has 1 aromatic carbocycles. The van der Waals surface area contributed by atoms with E-state index in [0.717, 1.165) is 0 Å². The highest BCUT2D eigenvalue weighted by molar-refractivity contribution is 6.31. The Balaban J connectivity index is 2.87. The number of benzene rings is 1. The van der Waals surface area contributed by atoms with Crippen molar-refractivity contribution in [3.63, 3.8) is 0 Å². The van der Waals surface area contributed by atoms with E-state index in [-0.39, 0.29) is 6.42 Å². The second-order valence-electron chi connectivity index (χ2n) is 4.51. The number of nitrogens with zero attached hydrogens (tertiary/aromatic N) is 1. The lowest BCUT2D eigenvalue weighted by molar-refractivity contribution is -0.137. The van der Waals surface area contributed by atoms with Crippen LogP contribution in [0.15, 0.2) is 18.2 Å². The highest BCUT2D eigenvalue weighted by Gasteiger charge is 2.21. The molecule has 2 amide bonds. The van der Waals surface area contributed by atoms with Gasteiger partial charge in [-0.2, -0.15) is 0 Å². The molecule has 0 spiro atoms. The number of urea groups is 1. The van der Waals surface area contributed by atoms with Crippen LogP contribution >= 0.6 is 11.6 Å². The maximum absolute atomic E-state index is 12.3. The van der Waals surface area contributed by atoms with Crippen molar-refractivity contribution in [3.8, 4) is 5.75 Å². The molecule has 0 heterocycles. The zero-order chi connectivity index (χ0) is 16.0. The minimum atomic E-state index is -0.950. The van der Waals surface area contributed by atoms with Crippen molar-refractivity contribution in [2.45, 2.75) is 26.3 Å². The van der Waals surface area contributed by atoms with Crippen molar-refractivity contribution < 1.29 is 19.4 Å². The number of aliphatic carboxylic acids is 1. The largest absolute Gasteiger partial charge is 0.495 e. The molecule has 1 aromatic rings. The molecule has 6 nitrogen and oxygen atoms in total. The molecule has 2 N–H and O–H groups in total. The van der Waals surface area contributed by atoms with Crippen LogP contribution in [0.4, 0.5) is 10.5 Å². The summed E-state index contributed by atoms with van der Waals surface area (Å²) in [5, 5.41) is 12.0. The van der Waals surface area contributed by atoms with Crippen LogP contribution in [-0.4, -0.2) is 41.7 Å². The first kappa shape index (κ1) is 17.1. The molecule has 0 bridgehead atoms. The van der Waals surface area contributed by atoms with Crippen LogP contribution in [-0.2, 0) is 4.79 Å². The maximum atomic E-state index is 12.3. The van der Waals surface area contributed by atoms with Crippen molar-refractivity contribution in [3.05, 3.63) is 23.2 Å². The maximum Gasteiger partial charge on any atom is 0.322 e. The number of halogens is 1. The first-order chi connectivity index (χ1) is 9.88. The second-order valence-corrected chi connectivity index (χ2v) is 4.94. The van der Waals surface area contributed by atoms with Crippen molar-refractivity contribution in [2.75, 3.05) is 19.0 Å². The lowest BCUT2D eigenvalue weighted by Gasteiger charge is -2.27. The number of carboxylic acid groups (broad SMARTS) is 1. The topological polar surface area (TPSA) is 78.9 Å². The van der Waals surface area contributed by atoms with Crippen molar-refractivity contribution in [1.29, 1.82) is 0 Å². The number of methoxy groups -OCH3 is 1. The number of carboxylic acids is 1. The number of carbonyl (C=O) groups excluding carboxylic acids is 1. The van der Waals surface area contributed by atoms with Crippen molar-refractivity contribution >= 4 is 29.3 Å². The number of ether oxygens (including phenoxy) is 1. The number of anilines is 1. The summed E-state index contributed by atoms with van der Waals surface area (Å²) < 4.78 is 5.15. The number of rotatable bonds is 6. The minimum Gasteiger partial charge on any atom is -0.495 e. The van der Waals surface area contributed by atoms with Crippen LogP contribution in [0, 0.1) is 0 Å². The zero-order valence-electron chi connectivity index (χ0n) is 12.2. The van der Waals surface area contributed by atoms with E-state index in [1.54, 1.807) is 32.0 Å². The Morgan fingerprint density at radius 1 is 1.48 bits per heavy atom. The number of hydrogen-bond donors (Lipinski definition) is 2. The molecular formula is C14H19ClN2O4. The summed E-state index contributed by atoms with van der Waals surface area (Å²) in [6.45, 7) is 3.86. The molecule has 0 saturated carbocycles. The van der Waals surface area contributed by atoms with Gasteiger partial charge in [0.05, 0.1) is 19.2 Å². The van der Waals surface area contributed by atoms with Crippen LogP contribution in [0.25, 0.3) is 0 Å². The monoisotopic (exact) mass is 314 g/mol. The molecule has 116 valence electrons. The Labute approximate surface area is 128 Å². The van der Waals surface area contributed by atoms with E-state index in [4.69, 9.17) is 21.4 Å². The van der Waals surface area contributed by atoms with E-state index < -0.39 is 18.0 Å². The molecule has 21 heavy (non-hydrogen) atoms. The summed E-state index contributed by atoms with van der Waals surface area (Å²) in [5.41, 5.74) is 0.441. The molecular weight excluding hydrogens is 296 g/mol. The summed E-state index contributed by atoms with van der Waals surface area (Å²) in [4.78, 5) is 24.5. The third-order valence-electron chi connectivity index (χ3n) is 3.01. The van der Waals surface area contributed by atoms with Gasteiger partial charge in [0.1, 0.15) is 5.75 Å². The van der Waals surface area contributed by atoms with Crippen molar-refractivity contribution in [2.24, 2.45) is 0 Å². The predicted molar refractivity (Wildman–Crippen MR) is 81.1 cm³/mol. The molecule has 0 aliphatic carbocycles. The van der Waals surface area contributed by atoms with Gasteiger partial charge in [-0.3, -0.25) is 4.79 Å². The number of carbonyl (C=O) groups is 2. The van der Waals surface area contributed by atoms with Gasteiger partial charge < -0.3 is 20.1 Å². The third kappa shape index (κ3) is 4.82. The van der Waals surface area contributed by atoms with Gasteiger partial charge in [-0.1, -0.05) is 11.6 Å². The van der Waals surface area contributed by atoms with Crippen LogP contribution in [0.2, 0.25) is 5.02 Å². The molecule has 7 heteroatoms. The van der Waals surface area contributed by atoms with E-state index in [2.05, 4.69) is 5.32 Å². The van der Waals surface area contributed by atoms with Gasteiger partial charge in [-0.05, 0) is 32.0 Å². The Morgan fingerprint density at radius 2 is 2.14 bits per heavy atom. The molecule has 0 aliphatic rings. The van der Waals surface area contributed by atoms with Crippen molar-refractivity contribution in [1.82, 2.24) is 4.90 Å². The molecule has 0 aliphatic heterocycles. The van der Waals surface area contributed by atoms with Gasteiger partial charge >= 0.3 is 12.0 Å². The first-order valence-electron chi connectivity index (χ1n) is 6.52. The summed E-state index contributed by atoms with van der Waals surface area (Å²) in [5.74, 6) is -0.469. The lowest BCUT2D eigenvalue weighted by atomic mass is 10.2. The van der Waals surface area contributed by atoms with Crippen LogP contribution in [0.3, 0.4) is 0 Å². The number of hydrogen-bond acceptors (Lipinski definition) is 3. The van der Waals surface area contributed by atoms with Gasteiger partial charge in [-0.15, -0.1) is 0 Å².